The second-order valence-electron chi connectivity index (χ2n) is 5.40. The summed E-state index contributed by atoms with van der Waals surface area (Å²) >= 11 is 0. The van der Waals surface area contributed by atoms with Gasteiger partial charge in [-0.1, -0.05) is 0 Å². The monoisotopic (exact) mass is 394 g/mol. The van der Waals surface area contributed by atoms with Crippen LogP contribution in [0, 0.1) is 0 Å². The number of carbonyl (C=O) groups is 3. The Hall–Kier alpha value is -1.62. The van der Waals surface area contributed by atoms with E-state index in [-0.39, 0.29) is 46.0 Å². The molecule has 0 atom stereocenters. The molecule has 2 rings (SSSR count). The quantitative estimate of drug-likeness (QED) is 0.559. The number of Topliss-reactive ketones (excluding diaryl/α,β-unsaturated/α-hetero) is 1. The molecule has 0 aliphatic carbocycles. The summed E-state index contributed by atoms with van der Waals surface area (Å²) in [4.78, 5) is 35.5. The number of hydrogen-bond donors (Lipinski definition) is 1. The van der Waals surface area contributed by atoms with Crippen LogP contribution in [-0.2, 0) is 24.3 Å². The molecule has 1 amide bonds. The van der Waals surface area contributed by atoms with E-state index in [0.29, 0.717) is 25.9 Å². The van der Waals surface area contributed by atoms with Gasteiger partial charge in [-0.05, 0) is 24.3 Å². The summed E-state index contributed by atoms with van der Waals surface area (Å²) in [5.41, 5.74) is 0.745. The van der Waals surface area contributed by atoms with Crippen molar-refractivity contribution >= 4 is 33.6 Å². The molecule has 1 aliphatic heterocycles. The van der Waals surface area contributed by atoms with E-state index in [1.165, 1.54) is 12.1 Å². The van der Waals surface area contributed by atoms with E-state index in [0.717, 1.165) is 12.8 Å². The topological polar surface area (TPSA) is 121 Å². The number of ketones is 1. The van der Waals surface area contributed by atoms with E-state index in [2.05, 4.69) is 4.74 Å². The second-order valence-corrected chi connectivity index (χ2v) is 7.26. The summed E-state index contributed by atoms with van der Waals surface area (Å²) in [6.45, 7) is 0.0709. The molecule has 1 fully saturated rings. The first-order valence-corrected chi connectivity index (χ1v) is 8.89. The molecule has 1 saturated heterocycles. The zero-order chi connectivity index (χ0) is 18.6. The van der Waals surface area contributed by atoms with Gasteiger partial charge >= 0.3 is 41.6 Å². The van der Waals surface area contributed by atoms with E-state index < -0.39 is 28.6 Å². The Labute approximate surface area is 174 Å². The van der Waals surface area contributed by atoms with Crippen LogP contribution in [0.15, 0.2) is 29.2 Å². The predicted octanol–water partition coefficient (Wildman–Crippen LogP) is -2.19. The fourth-order valence-corrected chi connectivity index (χ4v) is 3.73. The number of rotatable bonds is 5. The maximum absolute atomic E-state index is 12.5. The average Bonchev–Trinajstić information content (AvgIpc) is 2.59. The van der Waals surface area contributed by atoms with Crippen LogP contribution in [0.25, 0.3) is 0 Å². The summed E-state index contributed by atoms with van der Waals surface area (Å²) in [5, 5.41) is 8.83. The molecule has 0 bridgehead atoms. The number of nitrogens with zero attached hydrogens (tertiary/aromatic N) is 2. The minimum absolute atomic E-state index is 0. The van der Waals surface area contributed by atoms with Crippen LogP contribution in [0.1, 0.15) is 14.3 Å². The number of carbonyl (C=O) groups excluding carboxylic acids is 2. The number of benzene rings is 1. The molecule has 0 spiro atoms. The van der Waals surface area contributed by atoms with Crippen LogP contribution in [0.5, 0.6) is 0 Å². The third kappa shape index (κ3) is 5.19. The predicted molar refractivity (Wildman–Crippen MR) is 87.9 cm³/mol. The minimum atomic E-state index is -4.36. The maximum Gasteiger partial charge on any atom is 1.00 e. The van der Waals surface area contributed by atoms with Crippen LogP contribution in [0.2, 0.25) is 0 Å². The summed E-state index contributed by atoms with van der Waals surface area (Å²) in [6, 6.07) is 5.69. The summed E-state index contributed by atoms with van der Waals surface area (Å²) < 4.78 is 29.5. The van der Waals surface area contributed by atoms with Gasteiger partial charge in [0, 0.05) is 31.6 Å². The third-order valence-corrected chi connectivity index (χ3v) is 5.49. The number of hydrogen-bond acceptors (Lipinski definition) is 7. The third-order valence-electron chi connectivity index (χ3n) is 3.77. The molecule has 1 aromatic carbocycles. The van der Waals surface area contributed by atoms with Gasteiger partial charge in [-0.25, -0.2) is 13.2 Å². The van der Waals surface area contributed by atoms with Crippen molar-refractivity contribution in [2.45, 2.75) is 17.7 Å². The fraction of sp³-hybridized carbons (Fsp3) is 0.400. The Morgan fingerprint density at radius 1 is 1.23 bits per heavy atom. The summed E-state index contributed by atoms with van der Waals surface area (Å²) in [7, 11) is -3.39. The number of anilines is 1. The standard InChI is InChI=1S/C15H18N2O7S.Na.H/c1-24-15(21)17(10-14(19)20)25(22,23)13-4-2-11(3-5-13)16-8-6-12(18)7-9-16;;/h2-5H,6-10H2,1H3,(H,19,20);;/q;+1;-1. The molecule has 138 valence electrons. The van der Waals surface area contributed by atoms with E-state index in [1.54, 1.807) is 12.1 Å². The molecule has 11 heteroatoms. The number of piperidine rings is 1. The van der Waals surface area contributed by atoms with Crippen LogP contribution < -0.4 is 34.5 Å². The van der Waals surface area contributed by atoms with Gasteiger partial charge in [-0.15, -0.1) is 0 Å². The molecular weight excluding hydrogens is 375 g/mol. The van der Waals surface area contributed by atoms with Crippen LogP contribution in [0.4, 0.5) is 10.5 Å². The van der Waals surface area contributed by atoms with E-state index in [4.69, 9.17) is 5.11 Å². The molecule has 0 saturated carbocycles. The van der Waals surface area contributed by atoms with Gasteiger partial charge in [0.15, 0.2) is 0 Å². The summed E-state index contributed by atoms with van der Waals surface area (Å²) in [5.74, 6) is -1.29. The van der Waals surface area contributed by atoms with Gasteiger partial charge in [-0.2, -0.15) is 4.31 Å². The fourth-order valence-electron chi connectivity index (χ4n) is 2.44. The van der Waals surface area contributed by atoms with Gasteiger partial charge in [0.05, 0.1) is 12.0 Å². The molecular formula is C15H19N2NaO7S. The smallest absolute Gasteiger partial charge is 1.00 e. The van der Waals surface area contributed by atoms with Crippen molar-refractivity contribution in [2.24, 2.45) is 0 Å². The first-order chi connectivity index (χ1) is 11.8. The Morgan fingerprint density at radius 3 is 2.23 bits per heavy atom. The van der Waals surface area contributed by atoms with E-state index in [9.17, 15) is 22.8 Å². The van der Waals surface area contributed by atoms with Crippen molar-refractivity contribution in [1.29, 1.82) is 0 Å². The molecule has 1 N–H and O–H groups in total. The van der Waals surface area contributed by atoms with Crippen molar-refractivity contribution in [3.05, 3.63) is 24.3 Å². The Kier molecular flexibility index (Phi) is 8.07. The molecule has 1 aromatic rings. The first kappa shape index (κ1) is 22.4. The van der Waals surface area contributed by atoms with Gasteiger partial charge < -0.3 is 16.2 Å². The second kappa shape index (κ2) is 9.36. The molecule has 0 aromatic heterocycles. The SMILES string of the molecule is COC(=O)N(CC(=O)O)S(=O)(=O)c1ccc(N2CCC(=O)CC2)cc1.[H-].[Na+]. The number of carboxylic acids is 1. The van der Waals surface area contributed by atoms with Crippen molar-refractivity contribution in [2.75, 3.05) is 31.6 Å². The van der Waals surface area contributed by atoms with E-state index >= 15 is 0 Å². The maximum atomic E-state index is 12.5. The zero-order valence-corrected chi connectivity index (χ0v) is 17.4. The molecule has 1 aliphatic rings. The summed E-state index contributed by atoms with van der Waals surface area (Å²) in [6.07, 6.45) is -0.398. The Morgan fingerprint density at radius 2 is 1.77 bits per heavy atom. The minimum Gasteiger partial charge on any atom is -1.00 e. The number of aliphatic carboxylic acids is 1. The number of ether oxygens (including phenoxy) is 1. The average molecular weight is 394 g/mol. The van der Waals surface area contributed by atoms with Crippen molar-refractivity contribution in [3.63, 3.8) is 0 Å². The molecule has 26 heavy (non-hydrogen) atoms. The van der Waals surface area contributed by atoms with E-state index in [1.807, 2.05) is 4.90 Å². The van der Waals surface area contributed by atoms with Gasteiger partial charge in [0.1, 0.15) is 12.3 Å². The molecule has 0 radical (unpaired) electrons. The van der Waals surface area contributed by atoms with Crippen LogP contribution in [-0.4, -0.2) is 62.4 Å². The van der Waals surface area contributed by atoms with Crippen molar-refractivity contribution < 1.29 is 63.6 Å². The number of carboxylic acid groups (broad SMARTS) is 1. The molecule has 0 unspecified atom stereocenters. The number of methoxy groups -OCH3 is 1. The van der Waals surface area contributed by atoms with Crippen molar-refractivity contribution in [1.82, 2.24) is 4.31 Å². The molecule has 9 nitrogen and oxygen atoms in total. The Balaban J connectivity index is 0.00000338. The van der Waals surface area contributed by atoms with Crippen LogP contribution in [0.3, 0.4) is 0 Å². The van der Waals surface area contributed by atoms with Crippen molar-refractivity contribution in [3.8, 4) is 0 Å². The number of amides is 1. The largest absolute Gasteiger partial charge is 1.00 e. The van der Waals surface area contributed by atoms with Crippen LogP contribution >= 0.6 is 0 Å². The Bertz CT molecular complexity index is 776. The van der Waals surface area contributed by atoms with Gasteiger partial charge in [0.25, 0.3) is 10.0 Å². The zero-order valence-electron chi connectivity index (χ0n) is 15.5. The normalized spacial score (nSPS) is 14.3. The van der Waals surface area contributed by atoms with Gasteiger partial charge in [-0.3, -0.25) is 9.59 Å². The van der Waals surface area contributed by atoms with Gasteiger partial charge in [0.2, 0.25) is 0 Å². The number of sulfonamides is 1. The molecule has 1 heterocycles. The first-order valence-electron chi connectivity index (χ1n) is 7.45.